The first-order valence-electron chi connectivity index (χ1n) is 7.40. The Hall–Kier alpha value is -1.59. The lowest BCUT2D eigenvalue weighted by Gasteiger charge is -2.26. The van der Waals surface area contributed by atoms with Gasteiger partial charge >= 0.3 is 0 Å². The van der Waals surface area contributed by atoms with Crippen LogP contribution in [-0.2, 0) is 4.74 Å². The van der Waals surface area contributed by atoms with Crippen molar-refractivity contribution in [3.05, 3.63) is 29.8 Å². The molecule has 1 atom stereocenters. The number of rotatable bonds is 7. The molecule has 5 heteroatoms. The van der Waals surface area contributed by atoms with E-state index < -0.39 is 0 Å². The average molecular weight is 292 g/mol. The summed E-state index contributed by atoms with van der Waals surface area (Å²) in [5, 5.41) is 3.43. The van der Waals surface area contributed by atoms with Crippen molar-refractivity contribution in [3.8, 4) is 5.75 Å². The van der Waals surface area contributed by atoms with E-state index in [1.165, 1.54) is 6.42 Å². The Morgan fingerprint density at radius 2 is 2.29 bits per heavy atom. The standard InChI is InChI=1S/C16H24N2O3/c1-20-10-9-18(12-14-6-4-8-17-14)16(19)13-5-3-7-15(11-13)21-2/h3,5,7,11,14,17H,4,6,8-10,12H2,1-2H3. The third-order valence-electron chi connectivity index (χ3n) is 3.77. The molecule has 0 aromatic heterocycles. The van der Waals surface area contributed by atoms with E-state index in [0.29, 0.717) is 30.5 Å². The Morgan fingerprint density at radius 1 is 1.43 bits per heavy atom. The summed E-state index contributed by atoms with van der Waals surface area (Å²) in [5.41, 5.74) is 0.656. The van der Waals surface area contributed by atoms with Gasteiger partial charge in [-0.1, -0.05) is 6.07 Å². The highest BCUT2D eigenvalue weighted by atomic mass is 16.5. The monoisotopic (exact) mass is 292 g/mol. The van der Waals surface area contributed by atoms with Crippen molar-refractivity contribution in [1.82, 2.24) is 10.2 Å². The van der Waals surface area contributed by atoms with E-state index in [-0.39, 0.29) is 5.91 Å². The van der Waals surface area contributed by atoms with Gasteiger partial charge in [0.1, 0.15) is 5.75 Å². The summed E-state index contributed by atoms with van der Waals surface area (Å²) < 4.78 is 10.3. The minimum atomic E-state index is 0.0275. The first-order chi connectivity index (χ1) is 10.2. The van der Waals surface area contributed by atoms with Crippen LogP contribution in [0.2, 0.25) is 0 Å². The van der Waals surface area contributed by atoms with Gasteiger partial charge in [0.2, 0.25) is 0 Å². The van der Waals surface area contributed by atoms with E-state index in [2.05, 4.69) is 5.32 Å². The number of carbonyl (C=O) groups is 1. The number of benzene rings is 1. The molecule has 1 aromatic rings. The fourth-order valence-corrected chi connectivity index (χ4v) is 2.59. The Bertz CT molecular complexity index is 459. The summed E-state index contributed by atoms with van der Waals surface area (Å²) >= 11 is 0. The van der Waals surface area contributed by atoms with Gasteiger partial charge in [-0.15, -0.1) is 0 Å². The Morgan fingerprint density at radius 3 is 2.95 bits per heavy atom. The number of ether oxygens (including phenoxy) is 2. The van der Waals surface area contributed by atoms with E-state index >= 15 is 0 Å². The Balaban J connectivity index is 2.07. The van der Waals surface area contributed by atoms with Crippen LogP contribution in [0.1, 0.15) is 23.2 Å². The van der Waals surface area contributed by atoms with Crippen LogP contribution < -0.4 is 10.1 Å². The molecule has 0 aliphatic carbocycles. The van der Waals surface area contributed by atoms with Crippen molar-refractivity contribution in [1.29, 1.82) is 0 Å². The summed E-state index contributed by atoms with van der Waals surface area (Å²) in [7, 11) is 3.26. The van der Waals surface area contributed by atoms with Crippen molar-refractivity contribution in [3.63, 3.8) is 0 Å². The third-order valence-corrected chi connectivity index (χ3v) is 3.77. The molecule has 2 rings (SSSR count). The number of hydrogen-bond donors (Lipinski definition) is 1. The number of nitrogens with zero attached hydrogens (tertiary/aromatic N) is 1. The molecule has 1 saturated heterocycles. The van der Waals surface area contributed by atoms with Gasteiger partial charge in [-0.25, -0.2) is 0 Å². The highest BCUT2D eigenvalue weighted by Gasteiger charge is 2.22. The zero-order valence-electron chi connectivity index (χ0n) is 12.8. The molecule has 5 nitrogen and oxygen atoms in total. The summed E-state index contributed by atoms with van der Waals surface area (Å²) in [6, 6.07) is 7.68. The molecule has 0 radical (unpaired) electrons. The first-order valence-corrected chi connectivity index (χ1v) is 7.40. The lowest BCUT2D eigenvalue weighted by molar-refractivity contribution is 0.0679. The van der Waals surface area contributed by atoms with Crippen LogP contribution >= 0.6 is 0 Å². The Kier molecular flexibility index (Phi) is 6.02. The largest absolute Gasteiger partial charge is 0.497 e. The molecule has 21 heavy (non-hydrogen) atoms. The smallest absolute Gasteiger partial charge is 0.254 e. The molecule has 0 spiro atoms. The van der Waals surface area contributed by atoms with Gasteiger partial charge < -0.3 is 19.7 Å². The van der Waals surface area contributed by atoms with Crippen molar-refractivity contribution in [2.24, 2.45) is 0 Å². The predicted octanol–water partition coefficient (Wildman–Crippen LogP) is 1.54. The SMILES string of the molecule is COCCN(CC1CCCN1)C(=O)c1cccc(OC)c1. The topological polar surface area (TPSA) is 50.8 Å². The van der Waals surface area contributed by atoms with Gasteiger partial charge in [-0.05, 0) is 37.6 Å². The zero-order chi connectivity index (χ0) is 15.1. The molecular weight excluding hydrogens is 268 g/mol. The van der Waals surface area contributed by atoms with Gasteiger partial charge in [0.25, 0.3) is 5.91 Å². The van der Waals surface area contributed by atoms with Crippen LogP contribution in [0.5, 0.6) is 5.75 Å². The first kappa shape index (κ1) is 15.8. The summed E-state index contributed by atoms with van der Waals surface area (Å²) in [6.45, 7) is 2.91. The number of carbonyl (C=O) groups excluding carboxylic acids is 1. The second-order valence-electron chi connectivity index (χ2n) is 5.27. The average Bonchev–Trinajstić information content (AvgIpc) is 3.03. The minimum absolute atomic E-state index is 0.0275. The normalized spacial score (nSPS) is 17.7. The molecule has 1 aliphatic heterocycles. The van der Waals surface area contributed by atoms with Crippen LogP contribution in [0.25, 0.3) is 0 Å². The molecule has 0 saturated carbocycles. The van der Waals surface area contributed by atoms with E-state index in [0.717, 1.165) is 19.5 Å². The van der Waals surface area contributed by atoms with Crippen molar-refractivity contribution in [2.75, 3.05) is 40.5 Å². The van der Waals surface area contributed by atoms with Gasteiger partial charge in [0.05, 0.1) is 13.7 Å². The van der Waals surface area contributed by atoms with Crippen LogP contribution in [-0.4, -0.2) is 57.3 Å². The molecule has 0 bridgehead atoms. The number of methoxy groups -OCH3 is 2. The molecule has 1 unspecified atom stereocenters. The number of nitrogens with one attached hydrogen (secondary N) is 1. The van der Waals surface area contributed by atoms with E-state index in [4.69, 9.17) is 9.47 Å². The fourth-order valence-electron chi connectivity index (χ4n) is 2.59. The lowest BCUT2D eigenvalue weighted by atomic mass is 10.1. The zero-order valence-corrected chi connectivity index (χ0v) is 12.8. The number of hydrogen-bond acceptors (Lipinski definition) is 4. The van der Waals surface area contributed by atoms with Crippen LogP contribution in [0.15, 0.2) is 24.3 Å². The Labute approximate surface area is 126 Å². The third kappa shape index (κ3) is 4.44. The van der Waals surface area contributed by atoms with Crippen molar-refractivity contribution in [2.45, 2.75) is 18.9 Å². The molecule has 1 fully saturated rings. The van der Waals surface area contributed by atoms with E-state index in [1.807, 2.05) is 23.1 Å². The molecule has 1 amide bonds. The predicted molar refractivity (Wildman–Crippen MR) is 81.8 cm³/mol. The summed E-state index contributed by atoms with van der Waals surface area (Å²) in [6.07, 6.45) is 2.30. The van der Waals surface area contributed by atoms with Gasteiger partial charge in [-0.3, -0.25) is 4.79 Å². The van der Waals surface area contributed by atoms with Crippen molar-refractivity contribution < 1.29 is 14.3 Å². The molecule has 1 heterocycles. The second kappa shape index (κ2) is 8.00. The maximum Gasteiger partial charge on any atom is 0.254 e. The van der Waals surface area contributed by atoms with Crippen LogP contribution in [0.3, 0.4) is 0 Å². The summed E-state index contributed by atoms with van der Waals surface area (Å²) in [4.78, 5) is 14.6. The second-order valence-corrected chi connectivity index (χ2v) is 5.27. The molecule has 1 N–H and O–H groups in total. The lowest BCUT2D eigenvalue weighted by Crippen LogP contribution is -2.42. The molecule has 1 aliphatic rings. The van der Waals surface area contributed by atoms with Gasteiger partial charge in [-0.2, -0.15) is 0 Å². The van der Waals surface area contributed by atoms with Gasteiger partial charge in [0.15, 0.2) is 0 Å². The van der Waals surface area contributed by atoms with Crippen molar-refractivity contribution >= 4 is 5.91 Å². The van der Waals surface area contributed by atoms with E-state index in [9.17, 15) is 4.79 Å². The van der Waals surface area contributed by atoms with Crippen LogP contribution in [0, 0.1) is 0 Å². The van der Waals surface area contributed by atoms with Gasteiger partial charge in [0, 0.05) is 31.8 Å². The fraction of sp³-hybridized carbons (Fsp3) is 0.562. The summed E-state index contributed by atoms with van der Waals surface area (Å²) in [5.74, 6) is 0.728. The highest BCUT2D eigenvalue weighted by Crippen LogP contribution is 2.16. The molecule has 116 valence electrons. The maximum atomic E-state index is 12.7. The van der Waals surface area contributed by atoms with Crippen LogP contribution in [0.4, 0.5) is 0 Å². The maximum absolute atomic E-state index is 12.7. The molecular formula is C16H24N2O3. The molecule has 1 aromatic carbocycles. The van der Waals surface area contributed by atoms with E-state index in [1.54, 1.807) is 20.3 Å². The minimum Gasteiger partial charge on any atom is -0.497 e. The number of amides is 1. The quantitative estimate of drug-likeness (QED) is 0.828. The highest BCUT2D eigenvalue weighted by molar-refractivity contribution is 5.94.